The maximum atomic E-state index is 5.73. The van der Waals surface area contributed by atoms with Crippen LogP contribution in [0.2, 0.25) is 0 Å². The number of methoxy groups -OCH3 is 7. The van der Waals surface area contributed by atoms with Crippen molar-refractivity contribution in [2.24, 2.45) is 0 Å². The Labute approximate surface area is 223 Å². The van der Waals surface area contributed by atoms with Crippen LogP contribution in [0.25, 0.3) is 0 Å². The van der Waals surface area contributed by atoms with Crippen LogP contribution in [0.15, 0.2) is 36.4 Å². The fourth-order valence-corrected chi connectivity index (χ4v) is 5.97. The summed E-state index contributed by atoms with van der Waals surface area (Å²) in [4.78, 5) is 2.54. The van der Waals surface area contributed by atoms with Crippen molar-refractivity contribution >= 4 is 0 Å². The Hall–Kier alpha value is -3.78. The van der Waals surface area contributed by atoms with Crippen LogP contribution in [0.4, 0.5) is 0 Å². The van der Waals surface area contributed by atoms with E-state index in [9.17, 15) is 0 Å². The Morgan fingerprint density at radius 2 is 1.05 bits per heavy atom. The summed E-state index contributed by atoms with van der Waals surface area (Å²) in [5.41, 5.74) is 5.92. The van der Waals surface area contributed by atoms with Gasteiger partial charge >= 0.3 is 0 Å². The van der Waals surface area contributed by atoms with E-state index in [4.69, 9.17) is 33.2 Å². The van der Waals surface area contributed by atoms with Crippen molar-refractivity contribution in [1.29, 1.82) is 0 Å². The predicted molar refractivity (Wildman–Crippen MR) is 144 cm³/mol. The number of benzene rings is 3. The van der Waals surface area contributed by atoms with Gasteiger partial charge in [0.15, 0.2) is 34.5 Å². The van der Waals surface area contributed by atoms with Gasteiger partial charge in [-0.15, -0.1) is 0 Å². The van der Waals surface area contributed by atoms with E-state index in [1.54, 1.807) is 49.8 Å². The summed E-state index contributed by atoms with van der Waals surface area (Å²) in [7, 11) is 11.6. The van der Waals surface area contributed by atoms with Gasteiger partial charge in [0, 0.05) is 12.6 Å². The van der Waals surface area contributed by atoms with Crippen molar-refractivity contribution in [1.82, 2.24) is 4.90 Å². The molecule has 8 nitrogen and oxygen atoms in total. The van der Waals surface area contributed by atoms with Crippen molar-refractivity contribution in [3.8, 4) is 40.2 Å². The van der Waals surface area contributed by atoms with Gasteiger partial charge in [-0.2, -0.15) is 0 Å². The minimum atomic E-state index is -0.0847. The van der Waals surface area contributed by atoms with Crippen molar-refractivity contribution in [2.45, 2.75) is 24.9 Å². The number of hydrogen-bond donors (Lipinski definition) is 0. The fraction of sp³-hybridized carbons (Fsp3) is 0.400. The Kier molecular flexibility index (Phi) is 7.17. The third-order valence-corrected chi connectivity index (χ3v) is 7.73. The average Bonchev–Trinajstić information content (AvgIpc) is 2.97. The van der Waals surface area contributed by atoms with Gasteiger partial charge in [0.2, 0.25) is 5.75 Å². The molecule has 0 radical (unpaired) electrons. The van der Waals surface area contributed by atoms with E-state index in [1.807, 2.05) is 12.1 Å². The molecule has 3 aromatic carbocycles. The highest BCUT2D eigenvalue weighted by atomic mass is 16.5. The van der Waals surface area contributed by atoms with Gasteiger partial charge in [-0.05, 0) is 77.1 Å². The Balaban J connectivity index is 1.74. The van der Waals surface area contributed by atoms with Gasteiger partial charge in [-0.3, -0.25) is 4.90 Å². The van der Waals surface area contributed by atoms with Crippen LogP contribution in [0.5, 0.6) is 40.2 Å². The number of nitrogens with zero attached hydrogens (tertiary/aromatic N) is 1. The molecule has 2 atom stereocenters. The topological polar surface area (TPSA) is 67.9 Å². The molecule has 3 aromatic rings. The van der Waals surface area contributed by atoms with Gasteiger partial charge in [-0.25, -0.2) is 0 Å². The van der Waals surface area contributed by atoms with E-state index >= 15 is 0 Å². The Bertz CT molecular complexity index is 1310. The molecule has 0 aromatic heterocycles. The molecule has 0 spiro atoms. The maximum absolute atomic E-state index is 5.73. The molecule has 38 heavy (non-hydrogen) atoms. The van der Waals surface area contributed by atoms with Crippen molar-refractivity contribution in [2.75, 3.05) is 56.3 Å². The third-order valence-electron chi connectivity index (χ3n) is 7.73. The monoisotopic (exact) mass is 521 g/mol. The molecule has 202 valence electrons. The second kappa shape index (κ2) is 10.5. The minimum Gasteiger partial charge on any atom is -0.493 e. The van der Waals surface area contributed by atoms with Crippen LogP contribution >= 0.6 is 0 Å². The van der Waals surface area contributed by atoms with E-state index in [1.165, 1.54) is 16.7 Å². The molecule has 5 rings (SSSR count). The van der Waals surface area contributed by atoms with Crippen LogP contribution in [-0.2, 0) is 12.8 Å². The van der Waals surface area contributed by atoms with E-state index in [0.29, 0.717) is 28.7 Å². The van der Waals surface area contributed by atoms with E-state index < -0.39 is 0 Å². The lowest BCUT2D eigenvalue weighted by molar-refractivity contribution is 0.128. The summed E-state index contributed by atoms with van der Waals surface area (Å²) in [5.74, 6) is 4.71. The SMILES string of the molecule is COc1cc2c(cc1OC)[C@@H](c1cc(OC)c(OC)c(OC)c1)N1CCc3cc(OC)c(OC)cc3[C@H]1C2. The summed E-state index contributed by atoms with van der Waals surface area (Å²) in [5, 5.41) is 0. The molecule has 0 fully saturated rings. The second-order valence-electron chi connectivity index (χ2n) is 9.38. The first kappa shape index (κ1) is 25.9. The first-order valence-electron chi connectivity index (χ1n) is 12.6. The highest BCUT2D eigenvalue weighted by Crippen LogP contribution is 2.52. The summed E-state index contributed by atoms with van der Waals surface area (Å²) in [6.07, 6.45) is 1.70. The van der Waals surface area contributed by atoms with Crippen molar-refractivity contribution in [3.63, 3.8) is 0 Å². The van der Waals surface area contributed by atoms with E-state index in [0.717, 1.165) is 42.0 Å². The van der Waals surface area contributed by atoms with Crippen LogP contribution < -0.4 is 33.2 Å². The number of fused-ring (bicyclic) bond motifs is 4. The van der Waals surface area contributed by atoms with Crippen LogP contribution in [-0.4, -0.2) is 61.2 Å². The zero-order valence-electron chi connectivity index (χ0n) is 23.0. The van der Waals surface area contributed by atoms with Crippen LogP contribution in [0.3, 0.4) is 0 Å². The molecule has 0 saturated heterocycles. The first-order chi connectivity index (χ1) is 18.5. The first-order valence-corrected chi connectivity index (χ1v) is 12.6. The molecular formula is C30H35NO7. The molecule has 0 unspecified atom stereocenters. The van der Waals surface area contributed by atoms with Crippen molar-refractivity contribution in [3.05, 3.63) is 64.2 Å². The molecule has 0 saturated carbocycles. The fourth-order valence-electron chi connectivity index (χ4n) is 5.97. The lowest BCUT2D eigenvalue weighted by atomic mass is 9.78. The molecule has 0 aliphatic carbocycles. The maximum Gasteiger partial charge on any atom is 0.203 e. The second-order valence-corrected chi connectivity index (χ2v) is 9.38. The summed E-state index contributed by atoms with van der Waals surface area (Å²) < 4.78 is 39.8. The standard InChI is InChI=1S/C30H35NO7/c1-32-23-11-17-8-9-31-22(20(17)15-25(23)34-3)10-18-12-24(33-2)26(35-4)16-21(18)29(31)19-13-27(36-5)30(38-7)28(14-19)37-6/h11-16,22,29H,8-10H2,1-7H3/t22-,29-/m1/s1. The molecule has 2 heterocycles. The minimum absolute atomic E-state index is 0.0847. The quantitative estimate of drug-likeness (QED) is 0.411. The molecule has 0 amide bonds. The van der Waals surface area contributed by atoms with Gasteiger partial charge in [0.1, 0.15) is 0 Å². The van der Waals surface area contributed by atoms with Gasteiger partial charge in [0.25, 0.3) is 0 Å². The molecule has 0 N–H and O–H groups in total. The number of hydrogen-bond acceptors (Lipinski definition) is 8. The zero-order valence-corrected chi connectivity index (χ0v) is 23.0. The highest BCUT2D eigenvalue weighted by molar-refractivity contribution is 5.59. The summed E-state index contributed by atoms with van der Waals surface area (Å²) in [6.45, 7) is 0.863. The van der Waals surface area contributed by atoms with Crippen molar-refractivity contribution < 1.29 is 33.2 Å². The summed E-state index contributed by atoms with van der Waals surface area (Å²) >= 11 is 0. The summed E-state index contributed by atoms with van der Waals surface area (Å²) in [6, 6.07) is 12.6. The number of ether oxygens (including phenoxy) is 7. The molecule has 8 heteroatoms. The Morgan fingerprint density at radius 1 is 0.553 bits per heavy atom. The average molecular weight is 522 g/mol. The number of rotatable bonds is 8. The molecular weight excluding hydrogens is 486 g/mol. The molecule has 2 aliphatic rings. The predicted octanol–water partition coefficient (Wildman–Crippen LogP) is 4.99. The smallest absolute Gasteiger partial charge is 0.203 e. The Morgan fingerprint density at radius 3 is 1.58 bits per heavy atom. The van der Waals surface area contributed by atoms with Gasteiger partial charge in [0.05, 0.1) is 55.8 Å². The van der Waals surface area contributed by atoms with E-state index in [-0.39, 0.29) is 12.1 Å². The third kappa shape index (κ3) is 4.13. The lowest BCUT2D eigenvalue weighted by Crippen LogP contribution is -2.43. The van der Waals surface area contributed by atoms with Crippen LogP contribution in [0, 0.1) is 0 Å². The normalized spacial score (nSPS) is 18.0. The van der Waals surface area contributed by atoms with E-state index in [2.05, 4.69) is 29.2 Å². The lowest BCUT2D eigenvalue weighted by Gasteiger charge is -2.47. The van der Waals surface area contributed by atoms with Gasteiger partial charge < -0.3 is 33.2 Å². The van der Waals surface area contributed by atoms with Crippen LogP contribution in [0.1, 0.15) is 39.9 Å². The molecule has 0 bridgehead atoms. The van der Waals surface area contributed by atoms with Gasteiger partial charge in [-0.1, -0.05) is 0 Å². The largest absolute Gasteiger partial charge is 0.493 e. The highest BCUT2D eigenvalue weighted by Gasteiger charge is 2.41. The zero-order chi connectivity index (χ0) is 27.0. The molecule has 2 aliphatic heterocycles.